The van der Waals surface area contributed by atoms with Crippen LogP contribution in [0.1, 0.15) is 38.3 Å². The Labute approximate surface area is 207 Å². The van der Waals surface area contributed by atoms with Crippen LogP contribution < -0.4 is 15.7 Å². The zero-order valence-electron chi connectivity index (χ0n) is 19.7. The summed E-state index contributed by atoms with van der Waals surface area (Å²) < 4.78 is 68.7. The molecule has 0 aliphatic rings. The molecule has 0 aliphatic heterocycles. The fourth-order valence-corrected chi connectivity index (χ4v) is 5.11. The molecule has 12 nitrogen and oxygen atoms in total. The molecular weight excluding hydrogens is 523 g/mol. The lowest BCUT2D eigenvalue weighted by atomic mass is 10.0. The van der Waals surface area contributed by atoms with Crippen LogP contribution in [0, 0.1) is 0 Å². The Balaban J connectivity index is 2.45. The van der Waals surface area contributed by atoms with Gasteiger partial charge in [0.25, 0.3) is 5.56 Å². The minimum Gasteiger partial charge on any atom is -0.481 e. The number of carbonyl (C=O) groups excluding carboxylic acids is 1. The SMILES string of the molecule is CC(C)n1nccc1-c1cc2c(=O)n(N(C(CC=O)CC(=O)O)S(C)(=O)=O)c(=O)[nH]c2cc1C(F)(F)F. The molecule has 0 radical (unpaired) electrons. The van der Waals surface area contributed by atoms with Crippen LogP contribution in [-0.2, 0) is 25.8 Å². The maximum Gasteiger partial charge on any atom is 0.417 e. The summed E-state index contributed by atoms with van der Waals surface area (Å²) in [6.07, 6.45) is -4.46. The number of halogens is 3. The zero-order valence-corrected chi connectivity index (χ0v) is 20.5. The quantitative estimate of drug-likeness (QED) is 0.382. The molecule has 0 fully saturated rings. The first-order valence-corrected chi connectivity index (χ1v) is 12.5. The van der Waals surface area contributed by atoms with Crippen LogP contribution in [-0.4, -0.2) is 57.5 Å². The van der Waals surface area contributed by atoms with Crippen LogP contribution in [0.3, 0.4) is 0 Å². The first kappa shape index (κ1) is 27.6. The monoisotopic (exact) mass is 545 g/mol. The van der Waals surface area contributed by atoms with Gasteiger partial charge in [-0.05, 0) is 32.0 Å². The smallest absolute Gasteiger partial charge is 0.417 e. The largest absolute Gasteiger partial charge is 0.481 e. The van der Waals surface area contributed by atoms with Crippen molar-refractivity contribution in [3.63, 3.8) is 0 Å². The van der Waals surface area contributed by atoms with Gasteiger partial charge in [0.15, 0.2) is 0 Å². The van der Waals surface area contributed by atoms with Crippen LogP contribution in [0.25, 0.3) is 22.2 Å². The van der Waals surface area contributed by atoms with E-state index in [2.05, 4.69) is 10.1 Å². The van der Waals surface area contributed by atoms with Crippen molar-refractivity contribution in [2.75, 3.05) is 10.7 Å². The number of aliphatic carboxylic acids is 1. The molecule has 0 amide bonds. The highest BCUT2D eigenvalue weighted by molar-refractivity contribution is 7.91. The third-order valence-electron chi connectivity index (χ3n) is 5.38. The number of carboxylic acid groups (broad SMARTS) is 1. The highest BCUT2D eigenvalue weighted by atomic mass is 32.2. The maximum atomic E-state index is 14.0. The molecule has 3 rings (SSSR count). The fraction of sp³-hybridized carbons (Fsp3) is 0.381. The summed E-state index contributed by atoms with van der Waals surface area (Å²) >= 11 is 0. The molecule has 2 N–H and O–H groups in total. The van der Waals surface area contributed by atoms with Gasteiger partial charge in [0.2, 0.25) is 10.0 Å². The van der Waals surface area contributed by atoms with Crippen LogP contribution in [0.15, 0.2) is 34.0 Å². The molecule has 16 heteroatoms. The van der Waals surface area contributed by atoms with Crippen LogP contribution >= 0.6 is 0 Å². The average Bonchev–Trinajstić information content (AvgIpc) is 3.24. The molecule has 0 spiro atoms. The minimum absolute atomic E-state index is 0.00560. The Morgan fingerprint density at radius 1 is 1.27 bits per heavy atom. The number of carbonyl (C=O) groups is 2. The van der Waals surface area contributed by atoms with Crippen molar-refractivity contribution in [2.24, 2.45) is 0 Å². The minimum atomic E-state index is -4.91. The Morgan fingerprint density at radius 3 is 2.43 bits per heavy atom. The number of nitrogens with zero attached hydrogens (tertiary/aromatic N) is 4. The van der Waals surface area contributed by atoms with E-state index in [-0.39, 0.29) is 27.1 Å². The topological polar surface area (TPSA) is 164 Å². The highest BCUT2D eigenvalue weighted by Gasteiger charge is 2.37. The summed E-state index contributed by atoms with van der Waals surface area (Å²) in [5, 5.41) is 12.7. The number of benzene rings is 1. The predicted octanol–water partition coefficient (Wildman–Crippen LogP) is 1.48. The normalized spacial score (nSPS) is 13.2. The standard InChI is InChI=1S/C21H22F3N5O7S/c1-11(2)27-17(4-6-25-27)13-9-14-16(10-15(13)21(22,23)24)26-20(34)28(19(14)33)29(37(3,35)36)12(5-7-30)8-18(31)32/h4,6-7,9-12H,5,8H2,1-3H3,(H,26,34)(H,31,32). The average molecular weight is 545 g/mol. The van der Waals surface area contributed by atoms with Crippen LogP contribution in [0.2, 0.25) is 0 Å². The summed E-state index contributed by atoms with van der Waals surface area (Å²) in [5.74, 6) is -1.52. The molecule has 1 unspecified atom stereocenters. The maximum absolute atomic E-state index is 14.0. The predicted molar refractivity (Wildman–Crippen MR) is 125 cm³/mol. The fourth-order valence-electron chi connectivity index (χ4n) is 3.97. The second kappa shape index (κ2) is 9.84. The molecule has 0 saturated carbocycles. The number of carboxylic acids is 1. The number of fused-ring (bicyclic) bond motifs is 1. The van der Waals surface area contributed by atoms with Gasteiger partial charge in [-0.25, -0.2) is 13.2 Å². The third kappa shape index (κ3) is 5.42. The van der Waals surface area contributed by atoms with E-state index in [9.17, 15) is 45.9 Å². The second-order valence-electron chi connectivity index (χ2n) is 8.43. The number of hydrogen-bond donors (Lipinski definition) is 2. The Kier molecular flexibility index (Phi) is 7.35. The number of hydrogen-bond acceptors (Lipinski definition) is 7. The van der Waals surface area contributed by atoms with Crippen LogP contribution in [0.5, 0.6) is 0 Å². The highest BCUT2D eigenvalue weighted by Crippen LogP contribution is 2.39. The lowest BCUT2D eigenvalue weighted by Gasteiger charge is -2.29. The number of rotatable bonds is 9. The number of aromatic nitrogens is 4. The van der Waals surface area contributed by atoms with E-state index in [0.29, 0.717) is 12.3 Å². The summed E-state index contributed by atoms with van der Waals surface area (Å²) in [6.45, 7) is 3.35. The van der Waals surface area contributed by atoms with Crippen LogP contribution in [0.4, 0.5) is 13.2 Å². The van der Waals surface area contributed by atoms with Crippen molar-refractivity contribution in [2.45, 2.75) is 44.9 Å². The van der Waals surface area contributed by atoms with Gasteiger partial charge in [-0.3, -0.25) is 14.3 Å². The van der Waals surface area contributed by atoms with Crippen molar-refractivity contribution in [1.82, 2.24) is 19.4 Å². The van der Waals surface area contributed by atoms with E-state index in [4.69, 9.17) is 0 Å². The molecule has 37 heavy (non-hydrogen) atoms. The number of aromatic amines is 1. The number of sulfonamides is 1. The molecule has 3 aromatic rings. The van der Waals surface area contributed by atoms with Gasteiger partial charge in [0.05, 0.1) is 40.9 Å². The number of H-pyrrole nitrogens is 1. The Morgan fingerprint density at radius 2 is 1.92 bits per heavy atom. The number of aldehydes is 1. The second-order valence-corrected chi connectivity index (χ2v) is 10.3. The molecular formula is C21H22F3N5O7S. The van der Waals surface area contributed by atoms with Crippen molar-refractivity contribution < 1.29 is 36.3 Å². The van der Waals surface area contributed by atoms with Crippen molar-refractivity contribution in [3.05, 3.63) is 50.8 Å². The van der Waals surface area contributed by atoms with E-state index in [1.165, 1.54) is 16.9 Å². The number of alkyl halides is 3. The molecule has 0 aliphatic carbocycles. The number of nitrogens with one attached hydrogen (secondary N) is 1. The molecule has 0 bridgehead atoms. The Hall–Kier alpha value is -3.95. The molecule has 2 aromatic heterocycles. The van der Waals surface area contributed by atoms with Gasteiger partial charge < -0.3 is 14.9 Å². The van der Waals surface area contributed by atoms with E-state index >= 15 is 0 Å². The molecule has 200 valence electrons. The summed E-state index contributed by atoms with van der Waals surface area (Å²) in [5.41, 5.74) is -4.95. The van der Waals surface area contributed by atoms with E-state index < -0.39 is 74.3 Å². The van der Waals surface area contributed by atoms with Crippen molar-refractivity contribution >= 4 is 33.2 Å². The Bertz CT molecular complexity index is 1590. The molecule has 1 aromatic carbocycles. The van der Waals surface area contributed by atoms with Gasteiger partial charge in [-0.2, -0.15) is 27.4 Å². The van der Waals surface area contributed by atoms with Crippen molar-refractivity contribution in [1.29, 1.82) is 0 Å². The summed E-state index contributed by atoms with van der Waals surface area (Å²) in [6, 6.07) is 0.679. The zero-order chi connectivity index (χ0) is 27.9. The van der Waals surface area contributed by atoms with Gasteiger partial charge in [0.1, 0.15) is 6.29 Å². The van der Waals surface area contributed by atoms with Crippen molar-refractivity contribution in [3.8, 4) is 11.3 Å². The third-order valence-corrected chi connectivity index (χ3v) is 6.52. The van der Waals surface area contributed by atoms with Gasteiger partial charge >= 0.3 is 17.8 Å². The van der Waals surface area contributed by atoms with Gasteiger partial charge in [0, 0.05) is 24.2 Å². The first-order chi connectivity index (χ1) is 17.1. The molecule has 2 heterocycles. The molecule has 1 atom stereocenters. The van der Waals surface area contributed by atoms with E-state index in [1.54, 1.807) is 13.8 Å². The van der Waals surface area contributed by atoms with Gasteiger partial charge in [-0.1, -0.05) is 0 Å². The van der Waals surface area contributed by atoms with Gasteiger partial charge in [-0.15, -0.1) is 0 Å². The van der Waals surface area contributed by atoms with E-state index in [0.717, 1.165) is 6.07 Å². The molecule has 0 saturated heterocycles. The van der Waals surface area contributed by atoms with E-state index in [1.807, 2.05) is 0 Å². The lowest BCUT2D eigenvalue weighted by Crippen LogP contribution is -2.58. The summed E-state index contributed by atoms with van der Waals surface area (Å²) in [4.78, 5) is 50.8. The first-order valence-electron chi connectivity index (χ1n) is 10.7. The summed E-state index contributed by atoms with van der Waals surface area (Å²) in [7, 11) is -4.54. The lowest BCUT2D eigenvalue weighted by molar-refractivity contribution is -0.138.